The summed E-state index contributed by atoms with van der Waals surface area (Å²) in [6.07, 6.45) is 0. The Morgan fingerprint density at radius 3 is 1.77 bits per heavy atom. The summed E-state index contributed by atoms with van der Waals surface area (Å²) < 4.78 is 6.96. The molecule has 288 valence electrons. The van der Waals surface area contributed by atoms with E-state index >= 15 is 0 Å². The van der Waals surface area contributed by atoms with Gasteiger partial charge in [0.25, 0.3) is 0 Å². The lowest BCUT2D eigenvalue weighted by Gasteiger charge is -2.28. The van der Waals surface area contributed by atoms with Crippen LogP contribution in [0.5, 0.6) is 0 Å². The first-order valence-electron chi connectivity index (χ1n) is 21.2. The van der Waals surface area contributed by atoms with Crippen molar-refractivity contribution < 1.29 is 4.42 Å². The second-order valence-electron chi connectivity index (χ2n) is 16.9. The first kappa shape index (κ1) is 35.3. The van der Waals surface area contributed by atoms with E-state index in [1.54, 1.807) is 0 Å². The van der Waals surface area contributed by atoms with E-state index in [2.05, 4.69) is 231 Å². The van der Waals surface area contributed by atoms with Crippen LogP contribution in [-0.4, -0.2) is 0 Å². The maximum Gasteiger partial charge on any atom is 0.143 e. The van der Waals surface area contributed by atoms with Crippen LogP contribution in [0.15, 0.2) is 217 Å². The zero-order valence-electron chi connectivity index (χ0n) is 34.1. The first-order chi connectivity index (χ1) is 30.0. The predicted molar refractivity (Wildman–Crippen MR) is 257 cm³/mol. The van der Waals surface area contributed by atoms with Gasteiger partial charge in [0, 0.05) is 38.6 Å². The van der Waals surface area contributed by atoms with Crippen molar-refractivity contribution in [1.82, 2.24) is 0 Å². The van der Waals surface area contributed by atoms with Crippen molar-refractivity contribution in [3.63, 3.8) is 0 Å². The highest BCUT2D eigenvalue weighted by Gasteiger charge is 2.35. The fourth-order valence-electron chi connectivity index (χ4n) is 9.99. The summed E-state index contributed by atoms with van der Waals surface area (Å²) in [5, 5.41) is 6.98. The van der Waals surface area contributed by atoms with Crippen molar-refractivity contribution in [3.8, 4) is 44.5 Å². The Morgan fingerprint density at radius 2 is 0.967 bits per heavy atom. The van der Waals surface area contributed by atoms with Crippen LogP contribution in [-0.2, 0) is 5.41 Å². The van der Waals surface area contributed by atoms with Gasteiger partial charge in [0.2, 0.25) is 0 Å². The quantitative estimate of drug-likeness (QED) is 0.167. The van der Waals surface area contributed by atoms with Crippen molar-refractivity contribution in [2.75, 3.05) is 4.90 Å². The molecule has 1 heterocycles. The zero-order valence-corrected chi connectivity index (χ0v) is 34.1. The molecule has 0 N–H and O–H groups in total. The van der Waals surface area contributed by atoms with E-state index in [4.69, 9.17) is 4.42 Å². The lowest BCUT2D eigenvalue weighted by molar-refractivity contribution is 0.660. The van der Waals surface area contributed by atoms with Crippen LogP contribution in [0.3, 0.4) is 0 Å². The van der Waals surface area contributed by atoms with Gasteiger partial charge in [0.05, 0.1) is 0 Å². The molecule has 1 aliphatic rings. The van der Waals surface area contributed by atoms with Gasteiger partial charge in [-0.15, -0.1) is 0 Å². The Bertz CT molecular complexity index is 3490. The molecule has 0 unspecified atom stereocenters. The normalized spacial score (nSPS) is 12.9. The van der Waals surface area contributed by atoms with Crippen LogP contribution in [0.25, 0.3) is 88.0 Å². The van der Waals surface area contributed by atoms with E-state index in [1.165, 1.54) is 49.5 Å². The molecule has 0 bridgehead atoms. The molecule has 0 fully saturated rings. The fraction of sp³-hybridized carbons (Fsp3) is 0.0508. The Labute approximate surface area is 355 Å². The molecular formula is C59H41NO. The molecular weight excluding hydrogens is 739 g/mol. The van der Waals surface area contributed by atoms with E-state index in [-0.39, 0.29) is 5.41 Å². The minimum absolute atomic E-state index is 0.116. The Morgan fingerprint density at radius 1 is 0.361 bits per heavy atom. The highest BCUT2D eigenvalue weighted by molar-refractivity contribution is 6.22. The Balaban J connectivity index is 1.06. The number of nitrogens with zero attached hydrogens (tertiary/aromatic N) is 1. The second-order valence-corrected chi connectivity index (χ2v) is 16.9. The van der Waals surface area contributed by atoms with Crippen LogP contribution in [0.2, 0.25) is 0 Å². The summed E-state index contributed by atoms with van der Waals surface area (Å²) in [6.45, 7) is 4.71. The SMILES string of the molecule is CC1(C)c2ccccc2-c2ccc(N(c3ccc(-c4cc(-c5ccccc5)cc5oc6c7ccccc7c(-c7ccccc7)cc6c45)cc3)c3ccc4ccccc4c3)cc21. The lowest BCUT2D eigenvalue weighted by Crippen LogP contribution is -2.16. The molecule has 2 heteroatoms. The van der Waals surface area contributed by atoms with Gasteiger partial charge in [0.15, 0.2) is 0 Å². The third-order valence-electron chi connectivity index (χ3n) is 13.0. The molecule has 10 aromatic carbocycles. The molecule has 12 rings (SSSR count). The average Bonchev–Trinajstić information content (AvgIpc) is 3.81. The summed E-state index contributed by atoms with van der Waals surface area (Å²) in [5.74, 6) is 0. The first-order valence-corrected chi connectivity index (χ1v) is 21.2. The third kappa shape index (κ3) is 5.64. The number of furan rings is 1. The topological polar surface area (TPSA) is 16.4 Å². The molecule has 0 spiro atoms. The molecule has 1 aliphatic carbocycles. The number of rotatable bonds is 6. The van der Waals surface area contributed by atoms with Crippen molar-refractivity contribution >= 4 is 60.5 Å². The van der Waals surface area contributed by atoms with Gasteiger partial charge >= 0.3 is 0 Å². The number of hydrogen-bond donors (Lipinski definition) is 0. The predicted octanol–water partition coefficient (Wildman–Crippen LogP) is 16.7. The smallest absolute Gasteiger partial charge is 0.143 e. The van der Waals surface area contributed by atoms with Crippen molar-refractivity contribution in [2.24, 2.45) is 0 Å². The van der Waals surface area contributed by atoms with Gasteiger partial charge in [-0.3, -0.25) is 0 Å². The van der Waals surface area contributed by atoms with Crippen LogP contribution in [0.1, 0.15) is 25.0 Å². The van der Waals surface area contributed by atoms with Crippen molar-refractivity contribution in [3.05, 3.63) is 223 Å². The van der Waals surface area contributed by atoms with Gasteiger partial charge < -0.3 is 9.32 Å². The van der Waals surface area contributed by atoms with Gasteiger partial charge in [-0.2, -0.15) is 0 Å². The van der Waals surface area contributed by atoms with Crippen molar-refractivity contribution in [1.29, 1.82) is 0 Å². The number of hydrogen-bond acceptors (Lipinski definition) is 2. The molecule has 0 radical (unpaired) electrons. The fourth-order valence-corrected chi connectivity index (χ4v) is 9.99. The number of anilines is 3. The van der Waals surface area contributed by atoms with Crippen LogP contribution in [0, 0.1) is 0 Å². The number of benzene rings is 10. The van der Waals surface area contributed by atoms with E-state index in [9.17, 15) is 0 Å². The molecule has 0 saturated heterocycles. The highest BCUT2D eigenvalue weighted by atomic mass is 16.3. The molecule has 0 aliphatic heterocycles. The van der Waals surface area contributed by atoms with E-state index in [0.29, 0.717) is 0 Å². The summed E-state index contributed by atoms with van der Waals surface area (Å²) in [5.41, 5.74) is 17.3. The molecule has 0 amide bonds. The summed E-state index contributed by atoms with van der Waals surface area (Å²) >= 11 is 0. The number of fused-ring (bicyclic) bond motifs is 9. The van der Waals surface area contributed by atoms with Gasteiger partial charge in [-0.05, 0) is 126 Å². The maximum absolute atomic E-state index is 6.96. The third-order valence-corrected chi connectivity index (χ3v) is 13.0. The summed E-state index contributed by atoms with van der Waals surface area (Å²) in [4.78, 5) is 2.41. The molecule has 0 saturated carbocycles. The minimum Gasteiger partial charge on any atom is -0.455 e. The monoisotopic (exact) mass is 779 g/mol. The van der Waals surface area contributed by atoms with Crippen LogP contribution in [0.4, 0.5) is 17.1 Å². The van der Waals surface area contributed by atoms with Crippen LogP contribution < -0.4 is 4.90 Å². The van der Waals surface area contributed by atoms with Crippen LogP contribution >= 0.6 is 0 Å². The average molecular weight is 780 g/mol. The van der Waals surface area contributed by atoms with E-state index in [1.807, 2.05) is 0 Å². The zero-order chi connectivity index (χ0) is 40.7. The van der Waals surface area contributed by atoms with E-state index in [0.717, 1.165) is 66.6 Å². The highest BCUT2D eigenvalue weighted by Crippen LogP contribution is 2.51. The second kappa shape index (κ2) is 13.7. The van der Waals surface area contributed by atoms with Gasteiger partial charge in [0.1, 0.15) is 11.2 Å². The summed E-state index contributed by atoms with van der Waals surface area (Å²) in [7, 11) is 0. The van der Waals surface area contributed by atoms with E-state index < -0.39 is 0 Å². The maximum atomic E-state index is 6.96. The van der Waals surface area contributed by atoms with Gasteiger partial charge in [-0.25, -0.2) is 0 Å². The molecule has 2 nitrogen and oxygen atoms in total. The minimum atomic E-state index is -0.116. The summed E-state index contributed by atoms with van der Waals surface area (Å²) in [6, 6.07) is 77.3. The standard InChI is InChI=1S/C59H41NO/c1-59(2)54-24-14-13-22-48(54)49-32-31-46(36-55(49)59)60(45-30-25-39-17-9-10-20-42(39)33-45)44-28-26-41(27-29-44)52-34-43(38-15-5-3-6-16-38)35-56-57(52)53-37-51(40-18-7-4-8-19-40)47-21-11-12-23-50(47)58(53)61-56/h3-37H,1-2H3. The lowest BCUT2D eigenvalue weighted by atomic mass is 9.82. The molecule has 1 aromatic heterocycles. The van der Waals surface area contributed by atoms with Gasteiger partial charge in [-0.1, -0.05) is 172 Å². The molecule has 11 aromatic rings. The molecule has 0 atom stereocenters. The Hall–Kier alpha value is -7.68. The Kier molecular flexibility index (Phi) is 7.92. The largest absolute Gasteiger partial charge is 0.455 e. The molecule has 61 heavy (non-hydrogen) atoms. The van der Waals surface area contributed by atoms with Crippen molar-refractivity contribution in [2.45, 2.75) is 19.3 Å².